The Hall–Kier alpha value is -5.78. The van der Waals surface area contributed by atoms with Crippen LogP contribution in [0, 0.1) is 17.4 Å². The van der Waals surface area contributed by atoms with Crippen molar-refractivity contribution in [2.24, 2.45) is 0 Å². The van der Waals surface area contributed by atoms with E-state index in [-0.39, 0.29) is 24.3 Å². The van der Waals surface area contributed by atoms with Crippen LogP contribution in [0.25, 0.3) is 38.6 Å². The minimum atomic E-state index is -0.155. The van der Waals surface area contributed by atoms with Gasteiger partial charge in [-0.25, -0.2) is 0 Å². The lowest BCUT2D eigenvalue weighted by molar-refractivity contribution is 0.640. The zero-order valence-corrected chi connectivity index (χ0v) is 40.6. The van der Waals surface area contributed by atoms with Gasteiger partial charge in [-0.15, -0.1) is 0 Å². The van der Waals surface area contributed by atoms with Crippen molar-refractivity contribution >= 4 is 108 Å². The molecule has 0 spiro atoms. The zero-order valence-electron chi connectivity index (χ0n) is 38.4. The van der Waals surface area contributed by atoms with E-state index >= 15 is 0 Å². The molecule has 1 aromatic heterocycles. The molecule has 4 aliphatic rings. The number of benzene rings is 8. The van der Waals surface area contributed by atoms with E-state index in [1.54, 1.807) is 0 Å². The van der Waals surface area contributed by atoms with Gasteiger partial charge in [0, 0.05) is 47.9 Å². The van der Waals surface area contributed by atoms with Gasteiger partial charge >= 0.3 is 0 Å². The number of nitrogens with zero attached hydrogens (tertiary/aromatic N) is 2. The molecule has 0 amide bonds. The number of hydrogen-bond acceptors (Lipinski definition) is 1. The Morgan fingerprint density at radius 1 is 0.538 bits per heavy atom. The highest BCUT2D eigenvalue weighted by atomic mass is 127. The van der Waals surface area contributed by atoms with Gasteiger partial charge in [0.1, 0.15) is 0 Å². The number of aromatic nitrogens is 1. The molecule has 0 radical (unpaired) electrons. The smallest absolute Gasteiger partial charge is 0.247 e. The van der Waals surface area contributed by atoms with Gasteiger partial charge in [-0.2, -0.15) is 0 Å². The fraction of sp³-hybridized carbons (Fsp3) is 0.200. The summed E-state index contributed by atoms with van der Waals surface area (Å²) in [7, 11) is 0. The molecule has 0 saturated heterocycles. The minimum Gasteiger partial charge on any atom is -0.313 e. The number of fused-ring (bicyclic) bond motifs is 11. The summed E-state index contributed by atoms with van der Waals surface area (Å²) in [4.78, 5) is 2.71. The molecule has 0 fully saturated rings. The fourth-order valence-electron chi connectivity index (χ4n) is 13.5. The minimum absolute atomic E-state index is 0.0979. The molecule has 0 unspecified atom stereocenters. The van der Waals surface area contributed by atoms with Crippen LogP contribution in [0.2, 0.25) is 0 Å². The SMILES string of the molecule is CCCCc1ccc2c(c1)c1cc(I)ccc1n2-c1cccc(-c2cc3c4c(c2)B2c5ccccc5C(C)(C)c5c(C)ccc(c52)N4c2ccc(C)c4c2B3c2ccccc2C4(C)C)c1. The normalized spacial score (nSPS) is 15.4. The molecule has 0 N–H and O–H groups in total. The van der Waals surface area contributed by atoms with Crippen molar-refractivity contribution in [1.29, 1.82) is 0 Å². The fourth-order valence-corrected chi connectivity index (χ4v) is 14.0. The third-order valence-electron chi connectivity index (χ3n) is 16.1. The maximum atomic E-state index is 2.71. The van der Waals surface area contributed by atoms with Gasteiger partial charge in [0.25, 0.3) is 0 Å². The van der Waals surface area contributed by atoms with Crippen LogP contribution >= 0.6 is 22.6 Å². The molecule has 13 rings (SSSR count). The highest BCUT2D eigenvalue weighted by Gasteiger charge is 2.52. The highest BCUT2D eigenvalue weighted by Crippen LogP contribution is 2.48. The van der Waals surface area contributed by atoms with Gasteiger partial charge in [0.2, 0.25) is 13.4 Å². The predicted octanol–water partition coefficient (Wildman–Crippen LogP) is 11.4. The third-order valence-corrected chi connectivity index (χ3v) is 16.8. The molecule has 0 aliphatic carbocycles. The van der Waals surface area contributed by atoms with Crippen LogP contribution in [0.4, 0.5) is 17.1 Å². The highest BCUT2D eigenvalue weighted by molar-refractivity contribution is 14.1. The van der Waals surface area contributed by atoms with Gasteiger partial charge in [0.05, 0.1) is 11.0 Å². The Bertz CT molecular complexity index is 3410. The molecule has 0 atom stereocenters. The van der Waals surface area contributed by atoms with E-state index < -0.39 is 0 Å². The third kappa shape index (κ3) is 5.31. The van der Waals surface area contributed by atoms with E-state index in [2.05, 4.69) is 226 Å². The molecule has 4 aliphatic heterocycles. The van der Waals surface area contributed by atoms with Crippen molar-refractivity contribution in [3.63, 3.8) is 0 Å². The topological polar surface area (TPSA) is 8.17 Å². The molecule has 0 bridgehead atoms. The van der Waals surface area contributed by atoms with Crippen LogP contribution < -0.4 is 37.7 Å². The van der Waals surface area contributed by atoms with Crippen LogP contribution in [0.15, 0.2) is 146 Å². The maximum Gasteiger partial charge on any atom is 0.247 e. The van der Waals surface area contributed by atoms with Gasteiger partial charge < -0.3 is 9.47 Å². The van der Waals surface area contributed by atoms with E-state index in [1.807, 2.05) is 0 Å². The Labute approximate surface area is 398 Å². The first-order valence-electron chi connectivity index (χ1n) is 23.8. The van der Waals surface area contributed by atoms with Crippen molar-refractivity contribution in [3.8, 4) is 16.8 Å². The van der Waals surface area contributed by atoms with Crippen molar-refractivity contribution in [1.82, 2.24) is 4.57 Å². The summed E-state index contributed by atoms with van der Waals surface area (Å²) in [6.45, 7) is 17.0. The quantitative estimate of drug-likeness (QED) is 0.123. The van der Waals surface area contributed by atoms with E-state index in [9.17, 15) is 0 Å². The van der Waals surface area contributed by atoms with Crippen molar-refractivity contribution in [3.05, 3.63) is 188 Å². The summed E-state index contributed by atoms with van der Waals surface area (Å²) in [5, 5.41) is 2.66. The summed E-state index contributed by atoms with van der Waals surface area (Å²) >= 11 is 2.48. The van der Waals surface area contributed by atoms with Crippen LogP contribution in [0.5, 0.6) is 0 Å². The molecular weight excluding hydrogens is 897 g/mol. The molecule has 0 saturated carbocycles. The summed E-state index contributed by atoms with van der Waals surface area (Å²) < 4.78 is 3.77. The van der Waals surface area contributed by atoms with Crippen LogP contribution in [0.1, 0.15) is 86.4 Å². The standard InChI is InChI=1S/C60H51B2IN2/c1-8-9-15-37-24-28-50-42(30-37)43-34-40(63)25-29-51(43)64(50)41-17-14-16-38(31-41)39-32-48-58-49(33-39)62-47-21-13-11-19-45(47)60(6,7)55-36(3)23-27-53(57(55)62)65(58)52-26-22-35(2)54-56(52)61(48)46-20-12-10-18-44(46)59(54,4)5/h10-14,16-34H,8-9,15H2,1-7H3. The second-order valence-corrected chi connectivity index (χ2v) is 21.8. The molecule has 2 nitrogen and oxygen atoms in total. The number of aryl methyl sites for hydroxylation is 3. The second-order valence-electron chi connectivity index (χ2n) is 20.5. The van der Waals surface area contributed by atoms with Crippen LogP contribution in [-0.2, 0) is 17.3 Å². The summed E-state index contributed by atoms with van der Waals surface area (Å²) in [5.74, 6) is 0. The largest absolute Gasteiger partial charge is 0.313 e. The van der Waals surface area contributed by atoms with E-state index in [0.29, 0.717) is 0 Å². The molecule has 9 aromatic rings. The van der Waals surface area contributed by atoms with Crippen molar-refractivity contribution in [2.75, 3.05) is 4.90 Å². The number of rotatable bonds is 5. The summed E-state index contributed by atoms with van der Waals surface area (Å²) in [5.41, 5.74) is 28.6. The average molecular weight is 949 g/mol. The number of anilines is 3. The average Bonchev–Trinajstić information content (AvgIpc) is 3.62. The lowest BCUT2D eigenvalue weighted by Gasteiger charge is -2.51. The Balaban J connectivity index is 1.11. The summed E-state index contributed by atoms with van der Waals surface area (Å²) in [6, 6.07) is 57.1. The Kier molecular flexibility index (Phi) is 8.45. The van der Waals surface area contributed by atoms with Crippen LogP contribution in [-0.4, -0.2) is 18.0 Å². The zero-order chi connectivity index (χ0) is 44.3. The lowest BCUT2D eigenvalue weighted by atomic mass is 9.26. The number of halogens is 1. The Morgan fingerprint density at radius 2 is 1.11 bits per heavy atom. The van der Waals surface area contributed by atoms with E-state index in [1.165, 1.54) is 144 Å². The van der Waals surface area contributed by atoms with E-state index in [4.69, 9.17) is 0 Å². The summed E-state index contributed by atoms with van der Waals surface area (Å²) in [6.07, 6.45) is 3.52. The van der Waals surface area contributed by atoms with Gasteiger partial charge in [-0.1, -0.05) is 143 Å². The monoisotopic (exact) mass is 948 g/mol. The molecule has 65 heavy (non-hydrogen) atoms. The molecular formula is C60H51B2IN2. The Morgan fingerprint density at radius 3 is 1.71 bits per heavy atom. The van der Waals surface area contributed by atoms with Gasteiger partial charge in [-0.3, -0.25) is 0 Å². The number of unbranched alkanes of at least 4 members (excludes halogenated alkanes) is 1. The van der Waals surface area contributed by atoms with Crippen LogP contribution in [0.3, 0.4) is 0 Å². The van der Waals surface area contributed by atoms with Crippen molar-refractivity contribution < 1.29 is 0 Å². The first-order valence-corrected chi connectivity index (χ1v) is 24.8. The van der Waals surface area contributed by atoms with E-state index in [0.717, 1.165) is 6.42 Å². The van der Waals surface area contributed by atoms with Crippen molar-refractivity contribution in [2.45, 2.75) is 78.6 Å². The molecule has 8 aromatic carbocycles. The van der Waals surface area contributed by atoms with Gasteiger partial charge in [-0.05, 0) is 176 Å². The predicted molar refractivity (Wildman–Crippen MR) is 288 cm³/mol. The molecule has 5 heteroatoms. The first kappa shape index (κ1) is 39.6. The molecule has 314 valence electrons. The first-order chi connectivity index (χ1) is 31.5. The maximum absolute atomic E-state index is 2.71. The second kappa shape index (κ2) is 13.9. The number of hydrogen-bond donors (Lipinski definition) is 0. The van der Waals surface area contributed by atoms with Gasteiger partial charge in [0.15, 0.2) is 0 Å². The lowest BCUT2D eigenvalue weighted by Crippen LogP contribution is -2.70. The molecule has 5 heterocycles.